The second-order valence-corrected chi connectivity index (χ2v) is 6.24. The molecule has 0 fully saturated rings. The molecule has 2 aromatic rings. The molecule has 0 amide bonds. The summed E-state index contributed by atoms with van der Waals surface area (Å²) in [6.45, 7) is 6.74. The number of benzene rings is 1. The van der Waals surface area contributed by atoms with Gasteiger partial charge in [-0.05, 0) is 35.2 Å². The van der Waals surface area contributed by atoms with Gasteiger partial charge in [-0.1, -0.05) is 38.4 Å². The lowest BCUT2D eigenvalue weighted by Gasteiger charge is -2.20. The summed E-state index contributed by atoms with van der Waals surface area (Å²) in [6, 6.07) is 11.4. The second kappa shape index (κ2) is 6.15. The predicted octanol–water partition coefficient (Wildman–Crippen LogP) is 4.48. The highest BCUT2D eigenvalue weighted by Gasteiger charge is 2.15. The first-order valence-corrected chi connectivity index (χ1v) is 7.06. The minimum absolute atomic E-state index is 0.0524. The molecule has 1 aromatic carbocycles. The van der Waals surface area contributed by atoms with E-state index in [9.17, 15) is 0 Å². The van der Waals surface area contributed by atoms with Crippen molar-refractivity contribution >= 4 is 11.6 Å². The normalized spacial score (nSPS) is 11.0. The Kier molecular flexibility index (Phi) is 4.50. The van der Waals surface area contributed by atoms with Gasteiger partial charge in [0.1, 0.15) is 18.4 Å². The highest BCUT2D eigenvalue weighted by molar-refractivity contribution is 6.32. The van der Waals surface area contributed by atoms with Crippen molar-refractivity contribution in [3.8, 4) is 11.8 Å². The maximum atomic E-state index is 8.73. The van der Waals surface area contributed by atoms with Crippen LogP contribution in [0.2, 0.25) is 5.02 Å². The molecule has 0 aliphatic rings. The summed E-state index contributed by atoms with van der Waals surface area (Å²) in [5.74, 6) is 0.635. The molecule has 1 heterocycles. The summed E-state index contributed by atoms with van der Waals surface area (Å²) in [5.41, 5.74) is 2.50. The van der Waals surface area contributed by atoms with Crippen LogP contribution in [0, 0.1) is 11.3 Å². The molecule has 0 saturated heterocycles. The van der Waals surface area contributed by atoms with Crippen LogP contribution in [0.3, 0.4) is 0 Å². The number of hydrogen-bond donors (Lipinski definition) is 0. The summed E-state index contributed by atoms with van der Waals surface area (Å²) < 4.78 is 5.69. The van der Waals surface area contributed by atoms with Gasteiger partial charge in [-0.15, -0.1) is 0 Å². The molecule has 0 aliphatic carbocycles. The number of rotatable bonds is 3. The SMILES string of the molecule is CC(C)(C)c1ccc(OCc2ccc(C#N)cn2)c(Cl)c1. The van der Waals surface area contributed by atoms with E-state index in [4.69, 9.17) is 21.6 Å². The Labute approximate surface area is 130 Å². The molecular weight excluding hydrogens is 284 g/mol. The van der Waals surface area contributed by atoms with E-state index in [-0.39, 0.29) is 5.41 Å². The van der Waals surface area contributed by atoms with Crippen molar-refractivity contribution in [3.05, 3.63) is 58.4 Å². The third-order valence-corrected chi connectivity index (χ3v) is 3.42. The van der Waals surface area contributed by atoms with E-state index in [2.05, 4.69) is 25.8 Å². The van der Waals surface area contributed by atoms with Crippen molar-refractivity contribution < 1.29 is 4.74 Å². The fourth-order valence-electron chi connectivity index (χ4n) is 1.81. The van der Waals surface area contributed by atoms with Gasteiger partial charge in [0.25, 0.3) is 0 Å². The molecule has 3 nitrogen and oxygen atoms in total. The predicted molar refractivity (Wildman–Crippen MR) is 83.4 cm³/mol. The molecule has 0 bridgehead atoms. The maximum absolute atomic E-state index is 8.73. The Morgan fingerprint density at radius 2 is 2.00 bits per heavy atom. The molecule has 0 atom stereocenters. The molecule has 0 spiro atoms. The van der Waals surface area contributed by atoms with Gasteiger partial charge >= 0.3 is 0 Å². The van der Waals surface area contributed by atoms with Gasteiger partial charge in [0.05, 0.1) is 16.3 Å². The number of halogens is 1. The van der Waals surface area contributed by atoms with Crippen LogP contribution in [-0.4, -0.2) is 4.98 Å². The Morgan fingerprint density at radius 1 is 1.24 bits per heavy atom. The van der Waals surface area contributed by atoms with Crippen molar-refractivity contribution in [1.82, 2.24) is 4.98 Å². The van der Waals surface area contributed by atoms with Gasteiger partial charge in [-0.2, -0.15) is 5.26 Å². The minimum atomic E-state index is 0.0524. The molecule has 1 aromatic heterocycles. The van der Waals surface area contributed by atoms with Gasteiger partial charge in [0, 0.05) is 6.20 Å². The van der Waals surface area contributed by atoms with Crippen LogP contribution in [0.5, 0.6) is 5.75 Å². The summed E-state index contributed by atoms with van der Waals surface area (Å²) in [4.78, 5) is 4.16. The number of hydrogen-bond acceptors (Lipinski definition) is 3. The lowest BCUT2D eigenvalue weighted by atomic mass is 9.87. The standard InChI is InChI=1S/C17H17ClN2O/c1-17(2,3)13-5-7-16(15(18)8-13)21-11-14-6-4-12(9-19)10-20-14/h4-8,10H,11H2,1-3H3. The highest BCUT2D eigenvalue weighted by Crippen LogP contribution is 2.31. The molecule has 0 saturated carbocycles. The van der Waals surface area contributed by atoms with Crippen molar-refractivity contribution in [1.29, 1.82) is 5.26 Å². The summed E-state index contributed by atoms with van der Waals surface area (Å²) in [6.07, 6.45) is 1.53. The summed E-state index contributed by atoms with van der Waals surface area (Å²) >= 11 is 6.26. The van der Waals surface area contributed by atoms with Gasteiger partial charge in [-0.25, -0.2) is 0 Å². The van der Waals surface area contributed by atoms with Crippen molar-refractivity contribution in [3.63, 3.8) is 0 Å². The average molecular weight is 301 g/mol. The molecule has 0 radical (unpaired) electrons. The van der Waals surface area contributed by atoms with Crippen LogP contribution >= 0.6 is 11.6 Å². The molecule has 0 unspecified atom stereocenters. The summed E-state index contributed by atoms with van der Waals surface area (Å²) in [7, 11) is 0. The number of nitrogens with zero attached hydrogens (tertiary/aromatic N) is 2. The molecule has 0 N–H and O–H groups in total. The number of pyridine rings is 1. The molecule has 2 rings (SSSR count). The van der Waals surface area contributed by atoms with Crippen LogP contribution in [-0.2, 0) is 12.0 Å². The first-order valence-electron chi connectivity index (χ1n) is 6.68. The van der Waals surface area contributed by atoms with Gasteiger partial charge in [0.2, 0.25) is 0 Å². The Balaban J connectivity index is 2.08. The fourth-order valence-corrected chi connectivity index (χ4v) is 2.05. The van der Waals surface area contributed by atoms with Crippen molar-refractivity contribution in [2.24, 2.45) is 0 Å². The van der Waals surface area contributed by atoms with E-state index in [1.165, 1.54) is 6.20 Å². The number of nitriles is 1. The fraction of sp³-hybridized carbons (Fsp3) is 0.294. The van der Waals surface area contributed by atoms with Crippen LogP contribution in [0.1, 0.15) is 37.6 Å². The lowest BCUT2D eigenvalue weighted by Crippen LogP contribution is -2.11. The maximum Gasteiger partial charge on any atom is 0.138 e. The van der Waals surface area contributed by atoms with Crippen LogP contribution in [0.15, 0.2) is 36.5 Å². The zero-order valence-corrected chi connectivity index (χ0v) is 13.1. The lowest BCUT2D eigenvalue weighted by molar-refractivity contribution is 0.301. The van der Waals surface area contributed by atoms with Crippen LogP contribution in [0.25, 0.3) is 0 Å². The minimum Gasteiger partial charge on any atom is -0.486 e. The Hall–Kier alpha value is -2.05. The Morgan fingerprint density at radius 3 is 2.52 bits per heavy atom. The van der Waals surface area contributed by atoms with Crippen LogP contribution in [0.4, 0.5) is 0 Å². The molecule has 4 heteroatoms. The van der Waals surface area contributed by atoms with Gasteiger partial charge in [-0.3, -0.25) is 4.98 Å². The van der Waals surface area contributed by atoms with E-state index in [0.29, 0.717) is 22.9 Å². The van der Waals surface area contributed by atoms with Crippen LogP contribution < -0.4 is 4.74 Å². The van der Waals surface area contributed by atoms with Crippen molar-refractivity contribution in [2.45, 2.75) is 32.8 Å². The van der Waals surface area contributed by atoms with Crippen molar-refractivity contribution in [2.75, 3.05) is 0 Å². The summed E-state index contributed by atoms with van der Waals surface area (Å²) in [5, 5.41) is 9.32. The smallest absolute Gasteiger partial charge is 0.138 e. The average Bonchev–Trinajstić information content (AvgIpc) is 2.45. The number of ether oxygens (including phenoxy) is 1. The van der Waals surface area contributed by atoms with E-state index in [1.807, 2.05) is 24.3 Å². The third kappa shape index (κ3) is 3.96. The van der Waals surface area contributed by atoms with E-state index < -0.39 is 0 Å². The second-order valence-electron chi connectivity index (χ2n) is 5.83. The molecule has 108 valence electrons. The molecule has 0 aliphatic heterocycles. The molecule has 21 heavy (non-hydrogen) atoms. The van der Waals surface area contributed by atoms with Gasteiger partial charge < -0.3 is 4.74 Å². The zero-order valence-electron chi connectivity index (χ0n) is 12.4. The number of aromatic nitrogens is 1. The van der Waals surface area contributed by atoms with E-state index >= 15 is 0 Å². The van der Waals surface area contributed by atoms with Gasteiger partial charge in [0.15, 0.2) is 0 Å². The quantitative estimate of drug-likeness (QED) is 0.839. The largest absolute Gasteiger partial charge is 0.486 e. The zero-order chi connectivity index (χ0) is 15.5. The van der Waals surface area contributed by atoms with E-state index in [1.54, 1.807) is 12.1 Å². The topological polar surface area (TPSA) is 45.9 Å². The first-order chi connectivity index (χ1) is 9.90. The molecular formula is C17H17ClN2O. The Bertz CT molecular complexity index is 667. The first kappa shape index (κ1) is 15.3. The van der Waals surface area contributed by atoms with E-state index in [0.717, 1.165) is 11.3 Å². The third-order valence-electron chi connectivity index (χ3n) is 3.13. The highest BCUT2D eigenvalue weighted by atomic mass is 35.5. The monoisotopic (exact) mass is 300 g/mol.